The Morgan fingerprint density at radius 3 is 2.91 bits per heavy atom. The minimum atomic E-state index is 0. The molecule has 1 N–H and O–H groups in total. The molecule has 2 heterocycles. The number of nitrogens with zero attached hydrogens (tertiary/aromatic N) is 2. The van der Waals surface area contributed by atoms with Crippen LogP contribution in [0.5, 0.6) is 17.2 Å². The summed E-state index contributed by atoms with van der Waals surface area (Å²) in [6, 6.07) is 6.23. The number of rotatable bonds is 6. The lowest BCUT2D eigenvalue weighted by atomic mass is 10.1. The lowest BCUT2D eigenvalue weighted by Gasteiger charge is -2.22. The summed E-state index contributed by atoms with van der Waals surface area (Å²) in [6.45, 7) is 4.83. The number of hydrogen-bond donors (Lipinski definition) is 1. The number of aromatic nitrogens is 2. The minimum absolute atomic E-state index is 0. The van der Waals surface area contributed by atoms with Gasteiger partial charge in [-0.3, -0.25) is 4.68 Å². The second kappa shape index (κ2) is 8.08. The average molecular weight is 340 g/mol. The minimum Gasteiger partial charge on any atom is -0.493 e. The summed E-state index contributed by atoms with van der Waals surface area (Å²) in [7, 11) is 1.64. The van der Waals surface area contributed by atoms with Gasteiger partial charge in [0.25, 0.3) is 0 Å². The number of nitrogens with one attached hydrogen (secondary N) is 1. The number of hydrogen-bond acceptors (Lipinski definition) is 5. The van der Waals surface area contributed by atoms with Gasteiger partial charge in [0.05, 0.1) is 13.7 Å². The van der Waals surface area contributed by atoms with Crippen LogP contribution in [-0.2, 0) is 13.1 Å². The zero-order valence-electron chi connectivity index (χ0n) is 13.3. The molecular weight excluding hydrogens is 318 g/mol. The fourth-order valence-corrected chi connectivity index (χ4v) is 2.48. The van der Waals surface area contributed by atoms with Gasteiger partial charge < -0.3 is 19.5 Å². The van der Waals surface area contributed by atoms with Crippen LogP contribution in [0.1, 0.15) is 12.5 Å². The van der Waals surface area contributed by atoms with Crippen LogP contribution in [0.3, 0.4) is 0 Å². The molecule has 1 unspecified atom stereocenters. The molecule has 0 spiro atoms. The molecule has 1 aromatic carbocycles. The molecule has 1 aliphatic rings. The highest BCUT2D eigenvalue weighted by Gasteiger charge is 2.18. The monoisotopic (exact) mass is 339 g/mol. The molecule has 1 aromatic heterocycles. The molecule has 1 aliphatic heterocycles. The number of halogens is 1. The topological polar surface area (TPSA) is 57.5 Å². The summed E-state index contributed by atoms with van der Waals surface area (Å²) >= 11 is 0. The van der Waals surface area contributed by atoms with Gasteiger partial charge >= 0.3 is 0 Å². The number of benzene rings is 1. The van der Waals surface area contributed by atoms with E-state index in [2.05, 4.69) is 17.3 Å². The lowest BCUT2D eigenvalue weighted by Crippen LogP contribution is -2.30. The highest BCUT2D eigenvalue weighted by molar-refractivity contribution is 5.85. The Morgan fingerprint density at radius 2 is 2.17 bits per heavy atom. The van der Waals surface area contributed by atoms with E-state index in [9.17, 15) is 0 Å². The van der Waals surface area contributed by atoms with E-state index < -0.39 is 0 Å². The first kappa shape index (κ1) is 17.4. The molecule has 6 nitrogen and oxygen atoms in total. The molecule has 0 aliphatic carbocycles. The van der Waals surface area contributed by atoms with E-state index in [1.54, 1.807) is 13.3 Å². The average Bonchev–Trinajstić information content (AvgIpc) is 3.05. The molecule has 0 radical (unpaired) electrons. The Bertz CT molecular complexity index is 602. The molecule has 0 saturated heterocycles. The second-order valence-electron chi connectivity index (χ2n) is 5.33. The fourth-order valence-electron chi connectivity index (χ4n) is 2.48. The maximum atomic E-state index is 5.65. The summed E-state index contributed by atoms with van der Waals surface area (Å²) in [6.07, 6.45) is 3.75. The van der Waals surface area contributed by atoms with Crippen LogP contribution in [0.25, 0.3) is 0 Å². The Labute approximate surface area is 142 Å². The van der Waals surface area contributed by atoms with Gasteiger partial charge in [0.15, 0.2) is 11.5 Å². The predicted molar refractivity (Wildman–Crippen MR) is 89.8 cm³/mol. The number of methoxy groups -OCH3 is 1. The standard InChI is InChI=1S/C16H21N3O3.ClH/c1-12(11-19-5-3-4-18-19)17-10-13-8-14(20-2)16-15(9-13)21-6-7-22-16;/h3-5,8-9,12,17H,6-7,10-11H2,1-2H3;1H. The molecular formula is C16H22ClN3O3. The van der Waals surface area contributed by atoms with Crippen LogP contribution >= 0.6 is 12.4 Å². The summed E-state index contributed by atoms with van der Waals surface area (Å²) in [5.41, 5.74) is 1.11. The van der Waals surface area contributed by atoms with Crippen molar-refractivity contribution in [3.8, 4) is 17.2 Å². The molecule has 126 valence electrons. The van der Waals surface area contributed by atoms with Crippen molar-refractivity contribution in [1.82, 2.24) is 15.1 Å². The van der Waals surface area contributed by atoms with Gasteiger partial charge in [-0.05, 0) is 30.7 Å². The lowest BCUT2D eigenvalue weighted by molar-refractivity contribution is 0.165. The molecule has 3 rings (SSSR count). The summed E-state index contributed by atoms with van der Waals surface area (Å²) in [4.78, 5) is 0. The van der Waals surface area contributed by atoms with Crippen molar-refractivity contribution in [3.05, 3.63) is 36.2 Å². The maximum absolute atomic E-state index is 5.65. The van der Waals surface area contributed by atoms with Crippen molar-refractivity contribution >= 4 is 12.4 Å². The molecule has 0 amide bonds. The number of ether oxygens (including phenoxy) is 3. The third-order valence-electron chi connectivity index (χ3n) is 3.56. The van der Waals surface area contributed by atoms with Crippen molar-refractivity contribution in [2.24, 2.45) is 0 Å². The van der Waals surface area contributed by atoms with Crippen LogP contribution in [0.4, 0.5) is 0 Å². The van der Waals surface area contributed by atoms with Gasteiger partial charge in [-0.2, -0.15) is 5.10 Å². The van der Waals surface area contributed by atoms with Crippen LogP contribution in [-0.4, -0.2) is 36.1 Å². The van der Waals surface area contributed by atoms with Crippen molar-refractivity contribution in [1.29, 1.82) is 0 Å². The highest BCUT2D eigenvalue weighted by Crippen LogP contribution is 2.40. The van der Waals surface area contributed by atoms with Crippen LogP contribution in [0.15, 0.2) is 30.6 Å². The van der Waals surface area contributed by atoms with Crippen molar-refractivity contribution in [2.75, 3.05) is 20.3 Å². The molecule has 0 bridgehead atoms. The third-order valence-corrected chi connectivity index (χ3v) is 3.56. The van der Waals surface area contributed by atoms with Gasteiger partial charge in [0.1, 0.15) is 13.2 Å². The highest BCUT2D eigenvalue weighted by atomic mass is 35.5. The van der Waals surface area contributed by atoms with Gasteiger partial charge in [-0.25, -0.2) is 0 Å². The third kappa shape index (κ3) is 4.30. The van der Waals surface area contributed by atoms with Gasteiger partial charge in [-0.1, -0.05) is 0 Å². The maximum Gasteiger partial charge on any atom is 0.203 e. The first-order valence-corrected chi connectivity index (χ1v) is 7.43. The van der Waals surface area contributed by atoms with Crippen molar-refractivity contribution in [2.45, 2.75) is 26.1 Å². The Kier molecular flexibility index (Phi) is 6.12. The van der Waals surface area contributed by atoms with Crippen molar-refractivity contribution < 1.29 is 14.2 Å². The summed E-state index contributed by atoms with van der Waals surface area (Å²) in [5.74, 6) is 2.16. The summed E-state index contributed by atoms with van der Waals surface area (Å²) in [5, 5.41) is 7.70. The quantitative estimate of drug-likeness (QED) is 0.875. The van der Waals surface area contributed by atoms with E-state index in [0.29, 0.717) is 30.8 Å². The molecule has 0 saturated carbocycles. The normalized spacial score (nSPS) is 14.0. The second-order valence-corrected chi connectivity index (χ2v) is 5.33. The van der Waals surface area contributed by atoms with Crippen molar-refractivity contribution in [3.63, 3.8) is 0 Å². The molecule has 2 aromatic rings. The van der Waals surface area contributed by atoms with E-state index in [1.165, 1.54) is 0 Å². The Morgan fingerprint density at radius 1 is 1.35 bits per heavy atom. The molecule has 23 heavy (non-hydrogen) atoms. The van der Waals surface area contributed by atoms with E-state index in [1.807, 2.05) is 29.1 Å². The summed E-state index contributed by atoms with van der Waals surface area (Å²) < 4.78 is 18.6. The van der Waals surface area contributed by atoms with Gasteiger partial charge in [0.2, 0.25) is 5.75 Å². The van der Waals surface area contributed by atoms with Gasteiger partial charge in [-0.15, -0.1) is 12.4 Å². The molecule has 7 heteroatoms. The van der Waals surface area contributed by atoms with E-state index in [0.717, 1.165) is 24.4 Å². The van der Waals surface area contributed by atoms with E-state index >= 15 is 0 Å². The van der Waals surface area contributed by atoms with E-state index in [4.69, 9.17) is 14.2 Å². The van der Waals surface area contributed by atoms with Crippen LogP contribution in [0.2, 0.25) is 0 Å². The largest absolute Gasteiger partial charge is 0.493 e. The SMILES string of the molecule is COc1cc(CNC(C)Cn2cccn2)cc2c1OCCO2.Cl. The van der Waals surface area contributed by atoms with E-state index in [-0.39, 0.29) is 12.4 Å². The Balaban J connectivity index is 0.00000192. The van der Waals surface area contributed by atoms with Crippen LogP contribution < -0.4 is 19.5 Å². The zero-order valence-corrected chi connectivity index (χ0v) is 14.1. The fraction of sp³-hybridized carbons (Fsp3) is 0.438. The molecule has 1 atom stereocenters. The number of fused-ring (bicyclic) bond motifs is 1. The van der Waals surface area contributed by atoms with Gasteiger partial charge in [0, 0.05) is 25.0 Å². The molecule has 0 fully saturated rings. The van der Waals surface area contributed by atoms with Crippen LogP contribution in [0, 0.1) is 0 Å². The zero-order chi connectivity index (χ0) is 15.4. The smallest absolute Gasteiger partial charge is 0.203 e. The Hall–Kier alpha value is -1.92. The first-order chi connectivity index (χ1) is 10.8. The first-order valence-electron chi connectivity index (χ1n) is 7.43. The predicted octanol–water partition coefficient (Wildman–Crippen LogP) is 2.26.